The Labute approximate surface area is 252 Å². The maximum absolute atomic E-state index is 14.3. The van der Waals surface area contributed by atoms with Crippen LogP contribution in [0.5, 0.6) is 0 Å². The lowest BCUT2D eigenvalue weighted by Gasteiger charge is -2.71. The lowest BCUT2D eigenvalue weighted by molar-refractivity contribution is -0.191. The molecule has 1 amide bonds. The number of piperazine rings is 1. The quantitative estimate of drug-likeness (QED) is 0.345. The van der Waals surface area contributed by atoms with Crippen molar-refractivity contribution in [1.82, 2.24) is 15.5 Å². The molecular formula is C37H63N3O. The summed E-state index contributed by atoms with van der Waals surface area (Å²) in [5.41, 5.74) is 4.82. The van der Waals surface area contributed by atoms with Gasteiger partial charge < -0.3 is 10.6 Å². The smallest absolute Gasteiger partial charge is 0.230 e. The number of nitrogens with one attached hydrogen (secondary N) is 2. The Morgan fingerprint density at radius 2 is 1.56 bits per heavy atom. The molecule has 1 aliphatic heterocycles. The maximum atomic E-state index is 14.3. The van der Waals surface area contributed by atoms with Crippen molar-refractivity contribution in [2.45, 2.75) is 126 Å². The molecule has 4 saturated carbocycles. The topological polar surface area (TPSA) is 44.4 Å². The van der Waals surface area contributed by atoms with Gasteiger partial charge in [-0.25, -0.2) is 0 Å². The van der Waals surface area contributed by atoms with Crippen molar-refractivity contribution in [3.63, 3.8) is 0 Å². The first-order valence-electron chi connectivity index (χ1n) is 17.6. The highest BCUT2D eigenvalue weighted by atomic mass is 16.2. The largest absolute Gasteiger partial charge is 0.354 e. The van der Waals surface area contributed by atoms with Gasteiger partial charge >= 0.3 is 0 Å². The fraction of sp³-hybridized carbons (Fsp3) is 0.919. The summed E-state index contributed by atoms with van der Waals surface area (Å²) in [6.45, 7) is 26.9. The van der Waals surface area contributed by atoms with Gasteiger partial charge in [0.05, 0.1) is 5.41 Å². The highest BCUT2D eigenvalue weighted by Gasteiger charge is 2.67. The maximum Gasteiger partial charge on any atom is 0.230 e. The highest BCUT2D eigenvalue weighted by molar-refractivity contribution is 5.87. The molecule has 0 bridgehead atoms. The van der Waals surface area contributed by atoms with Crippen molar-refractivity contribution in [3.05, 3.63) is 11.1 Å². The van der Waals surface area contributed by atoms with Gasteiger partial charge in [0.2, 0.25) is 5.91 Å². The molecule has 0 aromatic carbocycles. The summed E-state index contributed by atoms with van der Waals surface area (Å²) in [6.07, 6.45) is 13.7. The van der Waals surface area contributed by atoms with Crippen molar-refractivity contribution in [3.8, 4) is 0 Å². The van der Waals surface area contributed by atoms with Crippen LogP contribution < -0.4 is 10.6 Å². The van der Waals surface area contributed by atoms with Crippen LogP contribution in [0, 0.1) is 50.2 Å². The van der Waals surface area contributed by atoms with E-state index < -0.39 is 0 Å². The Bertz CT molecular complexity index is 1070. The first-order valence-corrected chi connectivity index (χ1v) is 17.6. The molecule has 6 rings (SSSR count). The van der Waals surface area contributed by atoms with Crippen LogP contribution in [0.1, 0.15) is 126 Å². The number of carbonyl (C=O) groups is 1. The molecule has 5 aliphatic carbocycles. The molecule has 6 aliphatic rings. The Kier molecular flexibility index (Phi) is 7.42. The van der Waals surface area contributed by atoms with Crippen LogP contribution in [0.2, 0.25) is 0 Å². The third-order valence-corrected chi connectivity index (χ3v) is 15.4. The van der Waals surface area contributed by atoms with Crippen molar-refractivity contribution in [2.75, 3.05) is 39.3 Å². The Morgan fingerprint density at radius 3 is 2.29 bits per heavy atom. The molecule has 4 heteroatoms. The van der Waals surface area contributed by atoms with Gasteiger partial charge in [-0.1, -0.05) is 66.5 Å². The molecular weight excluding hydrogens is 502 g/mol. The third kappa shape index (κ3) is 4.45. The van der Waals surface area contributed by atoms with Crippen LogP contribution in [-0.4, -0.2) is 50.1 Å². The molecule has 0 aromatic heterocycles. The zero-order valence-corrected chi connectivity index (χ0v) is 28.1. The van der Waals surface area contributed by atoms with E-state index in [1.807, 2.05) is 0 Å². The molecule has 1 heterocycles. The molecule has 2 N–H and O–H groups in total. The van der Waals surface area contributed by atoms with Gasteiger partial charge in [0.1, 0.15) is 0 Å². The van der Waals surface area contributed by atoms with Crippen LogP contribution in [-0.2, 0) is 4.79 Å². The zero-order chi connectivity index (χ0) is 29.5. The summed E-state index contributed by atoms with van der Waals surface area (Å²) >= 11 is 0. The van der Waals surface area contributed by atoms with Crippen molar-refractivity contribution in [1.29, 1.82) is 0 Å². The van der Waals surface area contributed by atoms with E-state index in [0.717, 1.165) is 76.3 Å². The van der Waals surface area contributed by atoms with Crippen molar-refractivity contribution >= 4 is 5.91 Å². The van der Waals surface area contributed by atoms with Crippen molar-refractivity contribution < 1.29 is 4.79 Å². The minimum Gasteiger partial charge on any atom is -0.354 e. The lowest BCUT2D eigenvalue weighted by Crippen LogP contribution is -2.63. The second-order valence-corrected chi connectivity index (χ2v) is 17.9. The van der Waals surface area contributed by atoms with E-state index in [1.54, 1.807) is 11.1 Å². The third-order valence-electron chi connectivity index (χ3n) is 15.4. The number of carbonyl (C=O) groups excluding carboxylic acids is 1. The summed E-state index contributed by atoms with van der Waals surface area (Å²) in [4.78, 5) is 16.8. The summed E-state index contributed by atoms with van der Waals surface area (Å²) in [5, 5.41) is 6.96. The molecule has 1 saturated heterocycles. The van der Waals surface area contributed by atoms with E-state index in [0.29, 0.717) is 22.2 Å². The van der Waals surface area contributed by atoms with Gasteiger partial charge in [0.25, 0.3) is 0 Å². The first kappa shape index (κ1) is 30.2. The minimum atomic E-state index is -0.264. The molecule has 7 atom stereocenters. The summed E-state index contributed by atoms with van der Waals surface area (Å²) < 4.78 is 0. The molecule has 0 spiro atoms. The number of rotatable bonds is 4. The van der Waals surface area contributed by atoms with Crippen LogP contribution >= 0.6 is 0 Å². The Hall–Kier alpha value is -0.870. The van der Waals surface area contributed by atoms with E-state index in [9.17, 15) is 4.79 Å². The van der Waals surface area contributed by atoms with E-state index in [-0.39, 0.29) is 16.2 Å². The number of hydrogen-bond donors (Lipinski definition) is 2. The van der Waals surface area contributed by atoms with Gasteiger partial charge in [-0.2, -0.15) is 0 Å². The standard InChI is InChI=1S/C37H63N3O/c1-26-11-13-34(6)29(33(26,4)5)12-14-36(8)30(34)10-9-27-28-25-32(2,3)15-17-37(28,18-16-35(27,36)7)31(41)39-21-24-40-22-19-38-20-23-40/h26,29-30,38H,9-25H2,1-8H3,(H,39,41)/t26?,29-,30+,34-,35+,36+,37-/m0/s1. The summed E-state index contributed by atoms with van der Waals surface area (Å²) in [5.74, 6) is 2.82. The number of allylic oxidation sites excluding steroid dienone is 1. The molecule has 5 fully saturated rings. The van der Waals surface area contributed by atoms with Crippen LogP contribution in [0.15, 0.2) is 11.1 Å². The fourth-order valence-corrected chi connectivity index (χ4v) is 12.2. The first-order chi connectivity index (χ1) is 19.2. The van der Waals surface area contributed by atoms with Crippen LogP contribution in [0.3, 0.4) is 0 Å². The SMILES string of the molecule is CC1CC[C@]2(C)[C@H]3CCC4=C5CC(C)(C)CC[C@]5(C(=O)NCCN5CCNCC5)CC[C@@]4(C)[C@]3(C)CC[C@H]2C1(C)C. The molecule has 4 nitrogen and oxygen atoms in total. The molecule has 232 valence electrons. The lowest BCUT2D eigenvalue weighted by atomic mass is 9.33. The van der Waals surface area contributed by atoms with E-state index in [1.165, 1.54) is 51.4 Å². The molecule has 1 unspecified atom stereocenters. The zero-order valence-electron chi connectivity index (χ0n) is 28.1. The van der Waals surface area contributed by atoms with Gasteiger partial charge in [-0.15, -0.1) is 0 Å². The Morgan fingerprint density at radius 1 is 0.854 bits per heavy atom. The minimum absolute atomic E-state index is 0.227. The van der Waals surface area contributed by atoms with Gasteiger partial charge in [0, 0.05) is 39.3 Å². The van der Waals surface area contributed by atoms with Crippen LogP contribution in [0.25, 0.3) is 0 Å². The number of amides is 1. The van der Waals surface area contributed by atoms with E-state index >= 15 is 0 Å². The second-order valence-electron chi connectivity index (χ2n) is 17.9. The average Bonchev–Trinajstić information content (AvgIpc) is 2.91. The normalized spacial score (nSPS) is 45.6. The fourth-order valence-electron chi connectivity index (χ4n) is 12.2. The van der Waals surface area contributed by atoms with Gasteiger partial charge in [-0.05, 0) is 115 Å². The molecule has 0 aromatic rings. The summed E-state index contributed by atoms with van der Waals surface area (Å²) in [7, 11) is 0. The van der Waals surface area contributed by atoms with E-state index in [4.69, 9.17) is 0 Å². The summed E-state index contributed by atoms with van der Waals surface area (Å²) in [6, 6.07) is 0. The Balaban J connectivity index is 1.32. The van der Waals surface area contributed by atoms with Crippen LogP contribution in [0.4, 0.5) is 0 Å². The number of nitrogens with zero attached hydrogens (tertiary/aromatic N) is 1. The molecule has 41 heavy (non-hydrogen) atoms. The van der Waals surface area contributed by atoms with Gasteiger partial charge in [-0.3, -0.25) is 9.69 Å². The van der Waals surface area contributed by atoms with E-state index in [2.05, 4.69) is 70.9 Å². The molecule has 0 radical (unpaired) electrons. The highest BCUT2D eigenvalue weighted by Crippen LogP contribution is 2.76. The predicted octanol–water partition coefficient (Wildman–Crippen LogP) is 7.59. The van der Waals surface area contributed by atoms with Crippen molar-refractivity contribution in [2.24, 2.45) is 50.2 Å². The average molecular weight is 566 g/mol. The van der Waals surface area contributed by atoms with Gasteiger partial charge in [0.15, 0.2) is 0 Å². The predicted molar refractivity (Wildman–Crippen MR) is 171 cm³/mol. The number of hydrogen-bond acceptors (Lipinski definition) is 3. The number of fused-ring (bicyclic) bond motifs is 6. The monoisotopic (exact) mass is 565 g/mol. The second kappa shape index (κ2) is 10.1.